The molecule has 7 heteroatoms. The molecule has 0 aliphatic rings. The predicted molar refractivity (Wildman–Crippen MR) is 134 cm³/mol. The number of halogens is 2. The molecule has 1 aromatic heterocycles. The fourth-order valence-electron chi connectivity index (χ4n) is 3.36. The molecule has 0 amide bonds. The molecule has 33 heavy (non-hydrogen) atoms. The van der Waals surface area contributed by atoms with Gasteiger partial charge >= 0.3 is 5.97 Å². The van der Waals surface area contributed by atoms with Gasteiger partial charge in [0.05, 0.1) is 21.3 Å². The van der Waals surface area contributed by atoms with Crippen LogP contribution in [0.25, 0.3) is 11.3 Å². The van der Waals surface area contributed by atoms with Gasteiger partial charge in [-0.3, -0.25) is 0 Å². The molecule has 0 spiro atoms. The zero-order valence-corrected chi connectivity index (χ0v) is 20.3. The minimum Gasteiger partial charge on any atom is -0.489 e. The number of carboxylic acid groups (broad SMARTS) is 1. The fourth-order valence-corrected chi connectivity index (χ4v) is 4.66. The van der Waals surface area contributed by atoms with E-state index in [1.807, 2.05) is 47.8 Å². The first kappa shape index (κ1) is 23.3. The summed E-state index contributed by atoms with van der Waals surface area (Å²) < 4.78 is 5.86. The van der Waals surface area contributed by atoms with Gasteiger partial charge in [-0.25, -0.2) is 9.78 Å². The monoisotopic (exact) mass is 497 g/mol. The van der Waals surface area contributed by atoms with Gasteiger partial charge in [0.25, 0.3) is 0 Å². The Morgan fingerprint density at radius 3 is 2.33 bits per heavy atom. The smallest absolute Gasteiger partial charge is 0.335 e. The third kappa shape index (κ3) is 5.22. The van der Waals surface area contributed by atoms with Crippen LogP contribution < -0.4 is 4.74 Å². The highest BCUT2D eigenvalue weighted by atomic mass is 35.5. The Labute approximate surface area is 206 Å². The van der Waals surface area contributed by atoms with Crippen LogP contribution in [0, 0.1) is 0 Å². The Hall–Kier alpha value is -2.86. The van der Waals surface area contributed by atoms with E-state index in [1.54, 1.807) is 35.6 Å². The second-order valence-electron chi connectivity index (χ2n) is 8.11. The summed E-state index contributed by atoms with van der Waals surface area (Å²) in [4.78, 5) is 16.0. The molecule has 168 valence electrons. The van der Waals surface area contributed by atoms with Crippen LogP contribution in [0.15, 0.2) is 72.1 Å². The highest BCUT2D eigenvalue weighted by molar-refractivity contribution is 7.10. The average Bonchev–Trinajstić information content (AvgIpc) is 3.31. The van der Waals surface area contributed by atoms with E-state index >= 15 is 0 Å². The number of rotatable bonds is 7. The summed E-state index contributed by atoms with van der Waals surface area (Å²) in [6, 6.07) is 20.2. The molecule has 4 nitrogen and oxygen atoms in total. The van der Waals surface area contributed by atoms with Crippen molar-refractivity contribution in [3.05, 3.63) is 104 Å². The van der Waals surface area contributed by atoms with Gasteiger partial charge in [0, 0.05) is 16.4 Å². The highest BCUT2D eigenvalue weighted by Gasteiger charge is 2.27. The molecule has 0 atom stereocenters. The molecule has 0 bridgehead atoms. The predicted octanol–water partition coefficient (Wildman–Crippen LogP) is 7.72. The third-order valence-corrected chi connectivity index (χ3v) is 7.34. The molecule has 3 aromatic carbocycles. The topological polar surface area (TPSA) is 59.4 Å². The van der Waals surface area contributed by atoms with Gasteiger partial charge < -0.3 is 9.84 Å². The van der Waals surface area contributed by atoms with Gasteiger partial charge in [-0.05, 0) is 73.5 Å². The number of ether oxygens (including phenoxy) is 1. The maximum absolute atomic E-state index is 11.1. The standard InChI is InChI=1S/C26H21Cl2NO3S/c1-26(2,19-8-4-18(5-9-19)24(30)31)25-29-23(15-33-25)17-6-10-20(11-7-17)32-14-16-3-12-21(27)22(28)13-16/h3-13,15H,14H2,1-2H3,(H,30,31). The van der Waals surface area contributed by atoms with Crippen molar-refractivity contribution in [1.29, 1.82) is 0 Å². The molecule has 0 aliphatic carbocycles. The van der Waals surface area contributed by atoms with Crippen molar-refractivity contribution in [2.75, 3.05) is 0 Å². The Kier molecular flexibility index (Phi) is 6.75. The number of hydrogen-bond donors (Lipinski definition) is 1. The van der Waals surface area contributed by atoms with Crippen molar-refractivity contribution in [2.45, 2.75) is 25.9 Å². The summed E-state index contributed by atoms with van der Waals surface area (Å²) >= 11 is 13.6. The van der Waals surface area contributed by atoms with Gasteiger partial charge in [-0.2, -0.15) is 0 Å². The van der Waals surface area contributed by atoms with Crippen molar-refractivity contribution in [1.82, 2.24) is 4.98 Å². The van der Waals surface area contributed by atoms with E-state index < -0.39 is 5.97 Å². The molecule has 1 N–H and O–H groups in total. The van der Waals surface area contributed by atoms with Crippen molar-refractivity contribution in [3.8, 4) is 17.0 Å². The molecule has 4 aromatic rings. The van der Waals surface area contributed by atoms with E-state index in [0.717, 1.165) is 33.1 Å². The molecular weight excluding hydrogens is 477 g/mol. The summed E-state index contributed by atoms with van der Waals surface area (Å²) in [5.74, 6) is -0.181. The number of nitrogens with zero attached hydrogens (tertiary/aromatic N) is 1. The number of aromatic nitrogens is 1. The van der Waals surface area contributed by atoms with Crippen LogP contribution in [0.5, 0.6) is 5.75 Å². The van der Waals surface area contributed by atoms with Crippen molar-refractivity contribution >= 4 is 40.5 Å². The molecule has 0 fully saturated rings. The second kappa shape index (κ2) is 9.56. The van der Waals surface area contributed by atoms with Crippen LogP contribution in [0.4, 0.5) is 0 Å². The van der Waals surface area contributed by atoms with Crippen LogP contribution in [0.2, 0.25) is 10.0 Å². The van der Waals surface area contributed by atoms with Crippen molar-refractivity contribution < 1.29 is 14.6 Å². The van der Waals surface area contributed by atoms with Gasteiger partial charge in [-0.15, -0.1) is 11.3 Å². The molecule has 0 saturated carbocycles. The van der Waals surface area contributed by atoms with E-state index in [2.05, 4.69) is 13.8 Å². The molecule has 1 heterocycles. The Morgan fingerprint density at radius 2 is 1.70 bits per heavy atom. The quantitative estimate of drug-likeness (QED) is 0.283. The Bertz CT molecular complexity index is 1280. The molecule has 0 saturated heterocycles. The highest BCUT2D eigenvalue weighted by Crippen LogP contribution is 2.36. The summed E-state index contributed by atoms with van der Waals surface area (Å²) in [5, 5.41) is 13.2. The zero-order chi connectivity index (χ0) is 23.6. The second-order valence-corrected chi connectivity index (χ2v) is 9.78. The lowest BCUT2D eigenvalue weighted by Gasteiger charge is -2.22. The number of benzene rings is 3. The summed E-state index contributed by atoms with van der Waals surface area (Å²) in [6.07, 6.45) is 0. The van der Waals surface area contributed by atoms with Crippen LogP contribution in [-0.2, 0) is 12.0 Å². The largest absolute Gasteiger partial charge is 0.489 e. The fraction of sp³-hybridized carbons (Fsp3) is 0.154. The lowest BCUT2D eigenvalue weighted by molar-refractivity contribution is 0.0697. The Morgan fingerprint density at radius 1 is 1.00 bits per heavy atom. The molecule has 0 radical (unpaired) electrons. The van der Waals surface area contributed by atoms with E-state index in [4.69, 9.17) is 38.0 Å². The SMILES string of the molecule is CC(C)(c1ccc(C(=O)O)cc1)c1nc(-c2ccc(OCc3ccc(Cl)c(Cl)c3)cc2)cs1. The van der Waals surface area contributed by atoms with E-state index in [0.29, 0.717) is 16.7 Å². The van der Waals surface area contributed by atoms with Gasteiger partial charge in [0.1, 0.15) is 17.4 Å². The summed E-state index contributed by atoms with van der Waals surface area (Å²) in [5.41, 5.74) is 3.77. The normalized spacial score (nSPS) is 11.4. The van der Waals surface area contributed by atoms with Crippen LogP contribution in [0.1, 0.15) is 40.3 Å². The minimum absolute atomic E-state index is 0.274. The molecular formula is C26H21Cl2NO3S. The molecule has 4 rings (SSSR count). The number of carbonyl (C=O) groups is 1. The summed E-state index contributed by atoms with van der Waals surface area (Å²) in [6.45, 7) is 4.57. The first-order chi connectivity index (χ1) is 15.7. The van der Waals surface area contributed by atoms with Crippen LogP contribution >= 0.6 is 34.5 Å². The first-order valence-corrected chi connectivity index (χ1v) is 11.8. The van der Waals surface area contributed by atoms with Gasteiger partial charge in [0.15, 0.2) is 0 Å². The number of hydrogen-bond acceptors (Lipinski definition) is 4. The average molecular weight is 498 g/mol. The molecule has 0 unspecified atom stereocenters. The number of thiazole rings is 1. The van der Waals surface area contributed by atoms with E-state index in [9.17, 15) is 4.79 Å². The van der Waals surface area contributed by atoms with Crippen LogP contribution in [0.3, 0.4) is 0 Å². The lowest BCUT2D eigenvalue weighted by atomic mass is 9.85. The van der Waals surface area contributed by atoms with Crippen molar-refractivity contribution in [2.24, 2.45) is 0 Å². The minimum atomic E-state index is -0.930. The number of aromatic carboxylic acids is 1. The third-order valence-electron chi connectivity index (χ3n) is 5.43. The lowest BCUT2D eigenvalue weighted by Crippen LogP contribution is -2.18. The molecule has 0 aliphatic heterocycles. The first-order valence-electron chi connectivity index (χ1n) is 10.2. The van der Waals surface area contributed by atoms with Crippen LogP contribution in [-0.4, -0.2) is 16.1 Å². The van der Waals surface area contributed by atoms with Crippen molar-refractivity contribution in [3.63, 3.8) is 0 Å². The van der Waals surface area contributed by atoms with E-state index in [1.165, 1.54) is 0 Å². The maximum Gasteiger partial charge on any atom is 0.335 e. The van der Waals surface area contributed by atoms with Gasteiger partial charge in [-0.1, -0.05) is 41.4 Å². The summed E-state index contributed by atoms with van der Waals surface area (Å²) in [7, 11) is 0. The number of carboxylic acids is 1. The Balaban J connectivity index is 1.46. The van der Waals surface area contributed by atoms with Gasteiger partial charge in [0.2, 0.25) is 0 Å². The van der Waals surface area contributed by atoms with E-state index in [-0.39, 0.29) is 11.0 Å². The zero-order valence-electron chi connectivity index (χ0n) is 18.0. The maximum atomic E-state index is 11.1.